The van der Waals surface area contributed by atoms with E-state index in [4.69, 9.17) is 16.0 Å². The molecule has 0 aliphatic heterocycles. The number of anilines is 2. The summed E-state index contributed by atoms with van der Waals surface area (Å²) in [5.74, 6) is 0.726. The van der Waals surface area contributed by atoms with Crippen LogP contribution in [-0.4, -0.2) is 10.9 Å². The summed E-state index contributed by atoms with van der Waals surface area (Å²) in [5.41, 5.74) is 3.11. The molecule has 0 radical (unpaired) electrons. The average Bonchev–Trinajstić information content (AvgIpc) is 3.37. The molecule has 5 nitrogen and oxygen atoms in total. The van der Waals surface area contributed by atoms with Gasteiger partial charge in [-0.2, -0.15) is 0 Å². The number of aryl methyl sites for hydroxylation is 1. The lowest BCUT2D eigenvalue weighted by Gasteiger charge is -2.22. The molecule has 1 atom stereocenters. The Labute approximate surface area is 183 Å². The lowest BCUT2D eigenvalue weighted by atomic mass is 9.96. The number of thiophene rings is 1. The Morgan fingerprint density at radius 1 is 1.10 bits per heavy atom. The van der Waals surface area contributed by atoms with Crippen molar-refractivity contribution in [3.8, 4) is 0 Å². The highest BCUT2D eigenvalue weighted by atomic mass is 35.5. The van der Waals surface area contributed by atoms with Crippen molar-refractivity contribution in [3.63, 3.8) is 0 Å². The average molecular weight is 438 g/mol. The topological polar surface area (TPSA) is 67.2 Å². The lowest BCUT2D eigenvalue weighted by Crippen LogP contribution is -2.17. The SMILES string of the molecule is Cc1sc(NC(=O)c2ccco2)c([C@@H](Nc2ccccn2)c2ccc(Cl)cc2)c1C. The molecule has 0 unspecified atom stereocenters. The first-order chi connectivity index (χ1) is 14.5. The van der Waals surface area contributed by atoms with Crippen molar-refractivity contribution in [2.45, 2.75) is 19.9 Å². The van der Waals surface area contributed by atoms with Gasteiger partial charge in [0.1, 0.15) is 10.8 Å². The number of amides is 1. The van der Waals surface area contributed by atoms with Crippen LogP contribution in [0.5, 0.6) is 0 Å². The van der Waals surface area contributed by atoms with Gasteiger partial charge in [0.25, 0.3) is 5.91 Å². The zero-order valence-corrected chi connectivity index (χ0v) is 18.1. The summed E-state index contributed by atoms with van der Waals surface area (Å²) in [4.78, 5) is 18.2. The van der Waals surface area contributed by atoms with Crippen molar-refractivity contribution in [1.82, 2.24) is 4.98 Å². The van der Waals surface area contributed by atoms with E-state index in [0.717, 1.165) is 32.4 Å². The van der Waals surface area contributed by atoms with Crippen LogP contribution in [-0.2, 0) is 0 Å². The molecule has 1 amide bonds. The maximum Gasteiger partial charge on any atom is 0.291 e. The number of benzene rings is 1. The molecule has 0 spiro atoms. The Balaban J connectivity index is 1.77. The molecule has 0 aliphatic rings. The summed E-state index contributed by atoms with van der Waals surface area (Å²) >= 11 is 7.66. The van der Waals surface area contributed by atoms with E-state index >= 15 is 0 Å². The van der Waals surface area contributed by atoms with Crippen LogP contribution < -0.4 is 10.6 Å². The van der Waals surface area contributed by atoms with Crippen molar-refractivity contribution in [2.75, 3.05) is 10.6 Å². The van der Waals surface area contributed by atoms with Gasteiger partial charge in [-0.1, -0.05) is 29.8 Å². The molecule has 152 valence electrons. The van der Waals surface area contributed by atoms with Crippen LogP contribution in [0.15, 0.2) is 71.5 Å². The van der Waals surface area contributed by atoms with E-state index in [0.29, 0.717) is 5.02 Å². The van der Waals surface area contributed by atoms with Crippen LogP contribution in [0.3, 0.4) is 0 Å². The number of hydrogen-bond donors (Lipinski definition) is 2. The maximum absolute atomic E-state index is 12.7. The summed E-state index contributed by atoms with van der Waals surface area (Å²) in [5, 5.41) is 7.97. The molecular weight excluding hydrogens is 418 g/mol. The maximum atomic E-state index is 12.7. The molecular formula is C23H20ClN3O2S. The fraction of sp³-hybridized carbons (Fsp3) is 0.130. The lowest BCUT2D eigenvalue weighted by molar-refractivity contribution is 0.0997. The van der Waals surface area contributed by atoms with Crippen LogP contribution in [0.25, 0.3) is 0 Å². The van der Waals surface area contributed by atoms with Crippen LogP contribution in [0.2, 0.25) is 5.02 Å². The van der Waals surface area contributed by atoms with Crippen LogP contribution >= 0.6 is 22.9 Å². The first kappa shape index (κ1) is 20.2. The van der Waals surface area contributed by atoms with Crippen molar-refractivity contribution in [3.05, 3.63) is 99.4 Å². The van der Waals surface area contributed by atoms with Gasteiger partial charge in [0, 0.05) is 21.7 Å². The predicted octanol–water partition coefficient (Wildman–Crippen LogP) is 6.46. The molecule has 4 aromatic rings. The number of aromatic nitrogens is 1. The molecule has 0 aliphatic carbocycles. The van der Waals surface area contributed by atoms with E-state index in [1.54, 1.807) is 29.7 Å². The van der Waals surface area contributed by atoms with E-state index in [1.807, 2.05) is 49.4 Å². The number of pyridine rings is 1. The summed E-state index contributed by atoms with van der Waals surface area (Å²) in [6.07, 6.45) is 3.23. The molecule has 0 fully saturated rings. The monoisotopic (exact) mass is 437 g/mol. The van der Waals surface area contributed by atoms with Gasteiger partial charge in [-0.3, -0.25) is 4.79 Å². The van der Waals surface area contributed by atoms with Gasteiger partial charge in [0.2, 0.25) is 0 Å². The Morgan fingerprint density at radius 3 is 2.57 bits per heavy atom. The third kappa shape index (κ3) is 4.25. The van der Waals surface area contributed by atoms with Crippen LogP contribution in [0.4, 0.5) is 10.8 Å². The highest BCUT2D eigenvalue weighted by Gasteiger charge is 2.25. The van der Waals surface area contributed by atoms with Crippen LogP contribution in [0.1, 0.15) is 38.2 Å². The number of carbonyl (C=O) groups excluding carboxylic acids is 1. The van der Waals surface area contributed by atoms with Crippen molar-refractivity contribution >= 4 is 39.7 Å². The smallest absolute Gasteiger partial charge is 0.291 e. The van der Waals surface area contributed by atoms with Crippen molar-refractivity contribution in [2.24, 2.45) is 0 Å². The summed E-state index contributed by atoms with van der Waals surface area (Å²) in [6, 6.07) is 16.5. The Morgan fingerprint density at radius 2 is 1.90 bits per heavy atom. The number of halogens is 1. The minimum absolute atomic E-state index is 0.228. The molecule has 0 saturated heterocycles. The van der Waals surface area contributed by atoms with Gasteiger partial charge in [-0.25, -0.2) is 4.98 Å². The molecule has 1 aromatic carbocycles. The zero-order chi connectivity index (χ0) is 21.1. The van der Waals surface area contributed by atoms with E-state index in [9.17, 15) is 4.79 Å². The van der Waals surface area contributed by atoms with Gasteiger partial charge in [0.15, 0.2) is 5.76 Å². The first-order valence-corrected chi connectivity index (χ1v) is 10.6. The van der Waals surface area contributed by atoms with Gasteiger partial charge < -0.3 is 15.1 Å². The Bertz CT molecular complexity index is 1140. The second-order valence-electron chi connectivity index (χ2n) is 6.80. The summed E-state index contributed by atoms with van der Waals surface area (Å²) in [7, 11) is 0. The zero-order valence-electron chi connectivity index (χ0n) is 16.5. The van der Waals surface area contributed by atoms with E-state index in [2.05, 4.69) is 22.5 Å². The normalized spacial score (nSPS) is 11.8. The third-order valence-corrected chi connectivity index (χ3v) is 6.24. The molecule has 3 aromatic heterocycles. The second-order valence-corrected chi connectivity index (χ2v) is 8.46. The standard InChI is InChI=1S/C23H20ClN3O2S/c1-14-15(2)30-23(27-22(28)18-6-5-13-29-18)20(14)21(16-8-10-17(24)11-9-16)26-19-7-3-4-12-25-19/h3-13,21H,1-2H3,(H,25,26)(H,27,28)/t21-/m0/s1. The molecule has 0 bridgehead atoms. The van der Waals surface area contributed by atoms with Gasteiger partial charge in [-0.05, 0) is 61.4 Å². The molecule has 4 rings (SSSR count). The number of nitrogens with one attached hydrogen (secondary N) is 2. The highest BCUT2D eigenvalue weighted by Crippen LogP contribution is 2.41. The second kappa shape index (κ2) is 8.73. The number of nitrogens with zero attached hydrogens (tertiary/aromatic N) is 1. The third-order valence-electron chi connectivity index (χ3n) is 4.85. The van der Waals surface area contributed by atoms with E-state index in [1.165, 1.54) is 6.26 Å². The van der Waals surface area contributed by atoms with Gasteiger partial charge in [0.05, 0.1) is 12.3 Å². The number of furan rings is 1. The molecule has 3 heterocycles. The fourth-order valence-electron chi connectivity index (χ4n) is 3.23. The summed E-state index contributed by atoms with van der Waals surface area (Å²) < 4.78 is 5.25. The largest absolute Gasteiger partial charge is 0.459 e. The number of carbonyl (C=O) groups is 1. The quantitative estimate of drug-likeness (QED) is 0.363. The minimum Gasteiger partial charge on any atom is -0.459 e. The number of rotatable bonds is 6. The predicted molar refractivity (Wildman–Crippen MR) is 122 cm³/mol. The Kier molecular flexibility index (Phi) is 5.88. The van der Waals surface area contributed by atoms with Crippen LogP contribution in [0, 0.1) is 13.8 Å². The highest BCUT2D eigenvalue weighted by molar-refractivity contribution is 7.16. The van der Waals surface area contributed by atoms with Crippen molar-refractivity contribution < 1.29 is 9.21 Å². The van der Waals surface area contributed by atoms with Gasteiger partial charge in [-0.15, -0.1) is 11.3 Å². The van der Waals surface area contributed by atoms with E-state index in [-0.39, 0.29) is 17.7 Å². The molecule has 30 heavy (non-hydrogen) atoms. The van der Waals surface area contributed by atoms with Gasteiger partial charge >= 0.3 is 0 Å². The minimum atomic E-state index is -0.282. The molecule has 2 N–H and O–H groups in total. The number of hydrogen-bond acceptors (Lipinski definition) is 5. The van der Waals surface area contributed by atoms with E-state index < -0.39 is 0 Å². The first-order valence-electron chi connectivity index (χ1n) is 9.40. The van der Waals surface area contributed by atoms with Crippen molar-refractivity contribution in [1.29, 1.82) is 0 Å². The molecule has 0 saturated carbocycles. The fourth-order valence-corrected chi connectivity index (χ4v) is 4.45. The molecule has 7 heteroatoms. The Hall–Kier alpha value is -3.09. The summed E-state index contributed by atoms with van der Waals surface area (Å²) in [6.45, 7) is 4.11.